The van der Waals surface area contributed by atoms with Crippen molar-refractivity contribution in [3.8, 4) is 0 Å². The summed E-state index contributed by atoms with van der Waals surface area (Å²) in [6, 6.07) is 21.2. The van der Waals surface area contributed by atoms with Crippen LogP contribution in [0.3, 0.4) is 0 Å². The lowest BCUT2D eigenvalue weighted by Crippen LogP contribution is -2.39. The minimum Gasteiger partial charge on any atom is -0.363 e. The molecule has 6 nitrogen and oxygen atoms in total. The highest BCUT2D eigenvalue weighted by atomic mass is 32.1. The number of rotatable bonds is 24. The maximum Gasteiger partial charge on any atom is 0.166 e. The summed E-state index contributed by atoms with van der Waals surface area (Å²) >= 11 is 11.2. The van der Waals surface area contributed by atoms with Gasteiger partial charge >= 0.3 is 0 Å². The third-order valence-electron chi connectivity index (χ3n) is 8.66. The van der Waals surface area contributed by atoms with Gasteiger partial charge in [-0.25, -0.2) is 0 Å². The molecule has 1 aliphatic rings. The van der Waals surface area contributed by atoms with E-state index < -0.39 is 0 Å². The van der Waals surface area contributed by atoms with Gasteiger partial charge in [0.1, 0.15) is 0 Å². The van der Waals surface area contributed by atoms with Gasteiger partial charge < -0.3 is 31.9 Å². The largest absolute Gasteiger partial charge is 0.363 e. The van der Waals surface area contributed by atoms with Crippen LogP contribution in [0.1, 0.15) is 68.9 Å². The molecule has 0 bridgehead atoms. The van der Waals surface area contributed by atoms with Crippen LogP contribution in [0, 0.1) is 5.92 Å². The van der Waals surface area contributed by atoms with Crippen molar-refractivity contribution in [3.63, 3.8) is 0 Å². The van der Waals surface area contributed by atoms with Crippen LogP contribution in [0.5, 0.6) is 0 Å². The lowest BCUT2D eigenvalue weighted by Gasteiger charge is -2.23. The third-order valence-corrected chi connectivity index (χ3v) is 9.24. The molecule has 3 rings (SSSR count). The fraction of sp³-hybridized carbons (Fsp3) is 0.429. The van der Waals surface area contributed by atoms with E-state index in [0.29, 0.717) is 10.2 Å². The zero-order chi connectivity index (χ0) is 35.5. The van der Waals surface area contributed by atoms with Crippen molar-refractivity contribution in [2.45, 2.75) is 57.8 Å². The van der Waals surface area contributed by atoms with E-state index in [1.807, 2.05) is 13.0 Å². The van der Waals surface area contributed by atoms with E-state index in [1.165, 1.54) is 22.3 Å². The Morgan fingerprint density at radius 3 is 1.80 bits per heavy atom. The summed E-state index contributed by atoms with van der Waals surface area (Å²) in [5.74, 6) is 0.503. The van der Waals surface area contributed by atoms with Crippen molar-refractivity contribution < 1.29 is 0 Å². The molecule has 0 saturated carbocycles. The van der Waals surface area contributed by atoms with Crippen LogP contribution in [0.15, 0.2) is 121 Å². The zero-order valence-electron chi connectivity index (χ0n) is 30.1. The zero-order valence-corrected chi connectivity index (χ0v) is 31.7. The molecule has 1 unspecified atom stereocenters. The molecule has 2 aromatic carbocycles. The van der Waals surface area contributed by atoms with Gasteiger partial charge in [0.2, 0.25) is 0 Å². The van der Waals surface area contributed by atoms with Crippen LogP contribution in [-0.2, 0) is 0 Å². The van der Waals surface area contributed by atoms with Crippen LogP contribution >= 0.6 is 24.4 Å². The molecule has 6 N–H and O–H groups in total. The second-order valence-corrected chi connectivity index (χ2v) is 13.4. The Kier molecular flexibility index (Phi) is 21.5. The highest BCUT2D eigenvalue weighted by Gasteiger charge is 2.17. The van der Waals surface area contributed by atoms with Crippen LogP contribution in [-0.4, -0.2) is 62.6 Å². The normalized spacial score (nSPS) is 13.4. The first-order chi connectivity index (χ1) is 24.6. The maximum absolute atomic E-state index is 5.58. The van der Waals surface area contributed by atoms with Gasteiger partial charge in [0.05, 0.1) is 0 Å². The van der Waals surface area contributed by atoms with Gasteiger partial charge in [-0.05, 0) is 119 Å². The predicted octanol–water partition coefficient (Wildman–Crippen LogP) is 7.46. The van der Waals surface area contributed by atoms with Gasteiger partial charge in [-0.2, -0.15) is 0 Å². The van der Waals surface area contributed by atoms with E-state index in [0.717, 1.165) is 97.3 Å². The third kappa shape index (κ3) is 17.4. The summed E-state index contributed by atoms with van der Waals surface area (Å²) in [5, 5.41) is 22.1. The summed E-state index contributed by atoms with van der Waals surface area (Å²) in [6.45, 7) is 13.7. The number of hydrogen-bond acceptors (Lipinski definition) is 4. The fourth-order valence-electron chi connectivity index (χ4n) is 5.84. The van der Waals surface area contributed by atoms with E-state index in [9.17, 15) is 0 Å². The average Bonchev–Trinajstić information content (AvgIpc) is 3.15. The van der Waals surface area contributed by atoms with Crippen molar-refractivity contribution in [3.05, 3.63) is 132 Å². The van der Waals surface area contributed by atoms with Crippen molar-refractivity contribution in [2.75, 3.05) is 52.4 Å². The van der Waals surface area contributed by atoms with E-state index in [-0.39, 0.29) is 11.8 Å². The van der Waals surface area contributed by atoms with Crippen LogP contribution in [0.2, 0.25) is 0 Å². The first-order valence-electron chi connectivity index (χ1n) is 18.4. The van der Waals surface area contributed by atoms with Gasteiger partial charge in [0.25, 0.3) is 0 Å². The standard InChI is InChI=1S/C42H60N6S2/c1-3-4-5-9-20-35(2)39(36-21-10-6-11-22-36)33-47-41(49)45-31-18-29-43-27-16-17-28-44-30-19-32-46-42(50)48-34-40(37-23-12-7-13-24-37)38-25-14-8-15-26-38/h3-5,7-10,12-15,21-26,39-40,43-44H,2,6,11,16-20,27-34H2,1H3,(H2,45,47,49)(H2,46,48,50). The second-order valence-electron chi connectivity index (χ2n) is 12.6. The van der Waals surface area contributed by atoms with Gasteiger partial charge in [-0.1, -0.05) is 115 Å². The minimum absolute atomic E-state index is 0.249. The van der Waals surface area contributed by atoms with E-state index in [4.69, 9.17) is 24.4 Å². The quantitative estimate of drug-likeness (QED) is 0.0290. The smallest absolute Gasteiger partial charge is 0.166 e. The number of thiocarbonyl (C=S) groups is 2. The Morgan fingerprint density at radius 1 is 0.700 bits per heavy atom. The lowest BCUT2D eigenvalue weighted by atomic mass is 9.87. The van der Waals surface area contributed by atoms with Crippen molar-refractivity contribution in [1.82, 2.24) is 31.9 Å². The molecule has 0 spiro atoms. The second kappa shape index (κ2) is 26.3. The molecule has 1 aliphatic carbocycles. The molecule has 0 amide bonds. The minimum atomic E-state index is 0.249. The summed E-state index contributed by atoms with van der Waals surface area (Å²) in [7, 11) is 0. The molecule has 0 heterocycles. The summed E-state index contributed by atoms with van der Waals surface area (Å²) in [4.78, 5) is 0. The van der Waals surface area contributed by atoms with Gasteiger partial charge in [0.15, 0.2) is 10.2 Å². The Labute approximate surface area is 313 Å². The van der Waals surface area contributed by atoms with Crippen molar-refractivity contribution >= 4 is 34.7 Å². The highest BCUT2D eigenvalue weighted by molar-refractivity contribution is 7.80. The van der Waals surface area contributed by atoms with Gasteiger partial charge in [-0.3, -0.25) is 0 Å². The molecule has 0 fully saturated rings. The average molecular weight is 713 g/mol. The Balaban J connectivity index is 1.15. The Bertz CT molecular complexity index is 1330. The van der Waals surface area contributed by atoms with E-state index in [1.54, 1.807) is 0 Å². The monoisotopic (exact) mass is 712 g/mol. The molecule has 2 aromatic rings. The molecular weight excluding hydrogens is 653 g/mol. The van der Waals surface area contributed by atoms with E-state index in [2.05, 4.69) is 136 Å². The number of allylic oxidation sites excluding steroid dienone is 7. The lowest BCUT2D eigenvalue weighted by molar-refractivity contribution is 0.563. The van der Waals surface area contributed by atoms with E-state index >= 15 is 0 Å². The summed E-state index contributed by atoms with van der Waals surface area (Å²) in [5.41, 5.74) is 5.12. The fourth-order valence-corrected chi connectivity index (χ4v) is 6.21. The van der Waals surface area contributed by atoms with Crippen LogP contribution in [0.25, 0.3) is 0 Å². The first kappa shape index (κ1) is 40.9. The SMILES string of the molecule is C=C(CC=CC=CC)C(CNC(=S)NCCCNCCCCNCCCNC(=S)NCC(c1ccccc1)c1ccccc1)C1=CCCC=C1. The number of benzene rings is 2. The van der Waals surface area contributed by atoms with Crippen molar-refractivity contribution in [2.24, 2.45) is 5.92 Å². The summed E-state index contributed by atoms with van der Waals surface area (Å²) < 4.78 is 0. The molecule has 0 aliphatic heterocycles. The Hall–Kier alpha value is -3.56. The number of nitrogens with one attached hydrogen (secondary N) is 6. The molecule has 50 heavy (non-hydrogen) atoms. The topological polar surface area (TPSA) is 72.2 Å². The highest BCUT2D eigenvalue weighted by Crippen LogP contribution is 2.26. The Morgan fingerprint density at radius 2 is 1.26 bits per heavy atom. The number of unbranched alkanes of at least 4 members (excludes halogenated alkanes) is 1. The molecular formula is C42H60N6S2. The van der Waals surface area contributed by atoms with Gasteiger partial charge in [0, 0.05) is 38.0 Å². The molecule has 0 radical (unpaired) electrons. The van der Waals surface area contributed by atoms with Crippen LogP contribution in [0.4, 0.5) is 0 Å². The summed E-state index contributed by atoms with van der Waals surface area (Å²) in [6.07, 6.45) is 22.7. The maximum atomic E-state index is 5.58. The number of hydrogen-bond donors (Lipinski definition) is 6. The molecule has 1 atom stereocenters. The molecule has 270 valence electrons. The van der Waals surface area contributed by atoms with Gasteiger partial charge in [-0.15, -0.1) is 0 Å². The molecule has 0 saturated heterocycles. The predicted molar refractivity (Wildman–Crippen MR) is 224 cm³/mol. The molecule has 0 aromatic heterocycles. The van der Waals surface area contributed by atoms with Crippen molar-refractivity contribution in [1.29, 1.82) is 0 Å². The first-order valence-corrected chi connectivity index (χ1v) is 19.3. The van der Waals surface area contributed by atoms with Crippen LogP contribution < -0.4 is 31.9 Å². The molecule has 8 heteroatoms.